The van der Waals surface area contributed by atoms with Crippen molar-refractivity contribution in [2.75, 3.05) is 13.7 Å². The van der Waals surface area contributed by atoms with Crippen LogP contribution < -0.4 is 5.32 Å². The minimum Gasteiger partial charge on any atom is -0.378 e. The van der Waals surface area contributed by atoms with Gasteiger partial charge in [0.05, 0.1) is 22.6 Å². The zero-order valence-electron chi connectivity index (χ0n) is 14.7. The molecule has 1 aliphatic carbocycles. The first-order chi connectivity index (χ1) is 11.1. The quantitative estimate of drug-likeness (QED) is 0.602. The number of aliphatic imine (C=N–C) groups is 1. The van der Waals surface area contributed by atoms with E-state index in [2.05, 4.69) is 10.3 Å². The van der Waals surface area contributed by atoms with Crippen molar-refractivity contribution in [1.29, 1.82) is 0 Å². The van der Waals surface area contributed by atoms with Crippen LogP contribution in [-0.2, 0) is 9.53 Å². The summed E-state index contributed by atoms with van der Waals surface area (Å²) in [4.78, 5) is 16.8. The summed E-state index contributed by atoms with van der Waals surface area (Å²) >= 11 is 1.65. The summed E-state index contributed by atoms with van der Waals surface area (Å²) in [5.74, 6) is 0.614. The molecule has 0 aromatic heterocycles. The summed E-state index contributed by atoms with van der Waals surface area (Å²) in [5, 5.41) is 5.20. The Bertz CT molecular complexity index is 458. The summed E-state index contributed by atoms with van der Waals surface area (Å²) in [6.07, 6.45) is 8.98. The van der Waals surface area contributed by atoms with Gasteiger partial charge < -0.3 is 10.1 Å². The molecule has 1 atom stereocenters. The van der Waals surface area contributed by atoms with Gasteiger partial charge in [0.2, 0.25) is 5.91 Å². The second-order valence-electron chi connectivity index (χ2n) is 6.72. The van der Waals surface area contributed by atoms with Gasteiger partial charge in [-0.1, -0.05) is 31.0 Å². The minimum atomic E-state index is 0.0553. The zero-order valence-corrected chi connectivity index (χ0v) is 15.5. The van der Waals surface area contributed by atoms with Crippen LogP contribution in [0.3, 0.4) is 0 Å². The molecule has 0 aromatic rings. The lowest BCUT2D eigenvalue weighted by Gasteiger charge is -2.24. The van der Waals surface area contributed by atoms with Crippen LogP contribution in [0.25, 0.3) is 0 Å². The number of hydrogen-bond acceptors (Lipinski definition) is 4. The van der Waals surface area contributed by atoms with Gasteiger partial charge in [-0.25, -0.2) is 0 Å². The SMILES string of the molecule is C/N=C(\SC(NC(=O)CC1CCCO1)=C(C)C)C1CCCCC1. The summed E-state index contributed by atoms with van der Waals surface area (Å²) in [7, 11) is 1.87. The molecule has 2 rings (SSSR count). The Morgan fingerprint density at radius 2 is 1.91 bits per heavy atom. The summed E-state index contributed by atoms with van der Waals surface area (Å²) < 4.78 is 5.56. The third kappa shape index (κ3) is 5.96. The summed E-state index contributed by atoms with van der Waals surface area (Å²) in [5.41, 5.74) is 1.13. The Hall–Kier alpha value is -0.810. The van der Waals surface area contributed by atoms with E-state index in [-0.39, 0.29) is 12.0 Å². The Morgan fingerprint density at radius 1 is 1.17 bits per heavy atom. The van der Waals surface area contributed by atoms with Crippen LogP contribution in [0, 0.1) is 5.92 Å². The standard InChI is InChI=1S/C18H30N2O2S/c1-13(2)17(20-16(21)12-15-10-7-11-22-15)23-18(19-3)14-8-5-4-6-9-14/h14-15H,4-12H2,1-3H3,(H,20,21)/b19-18-. The molecule has 1 unspecified atom stereocenters. The van der Waals surface area contributed by atoms with Crippen LogP contribution in [0.4, 0.5) is 0 Å². The fourth-order valence-corrected chi connectivity index (χ4v) is 4.28. The largest absolute Gasteiger partial charge is 0.378 e. The van der Waals surface area contributed by atoms with Crippen LogP contribution in [0.2, 0.25) is 0 Å². The highest BCUT2D eigenvalue weighted by atomic mass is 32.2. The van der Waals surface area contributed by atoms with Gasteiger partial charge >= 0.3 is 0 Å². The number of nitrogens with one attached hydrogen (secondary N) is 1. The van der Waals surface area contributed by atoms with E-state index in [9.17, 15) is 4.79 Å². The van der Waals surface area contributed by atoms with E-state index in [1.54, 1.807) is 11.8 Å². The molecule has 130 valence electrons. The molecule has 4 nitrogen and oxygen atoms in total. The third-order valence-electron chi connectivity index (χ3n) is 4.53. The van der Waals surface area contributed by atoms with Gasteiger partial charge in [0, 0.05) is 19.6 Å². The maximum absolute atomic E-state index is 12.3. The molecule has 1 aliphatic heterocycles. The third-order valence-corrected chi connectivity index (χ3v) is 5.97. The monoisotopic (exact) mass is 338 g/mol. The van der Waals surface area contributed by atoms with Crippen molar-refractivity contribution in [2.24, 2.45) is 10.9 Å². The maximum Gasteiger partial charge on any atom is 0.227 e. The van der Waals surface area contributed by atoms with Crippen molar-refractivity contribution >= 4 is 22.7 Å². The topological polar surface area (TPSA) is 50.7 Å². The van der Waals surface area contributed by atoms with Crippen LogP contribution >= 0.6 is 11.8 Å². The first-order valence-corrected chi connectivity index (χ1v) is 9.65. The molecular formula is C18H30N2O2S. The van der Waals surface area contributed by atoms with Gasteiger partial charge in [-0.05, 0) is 45.1 Å². The van der Waals surface area contributed by atoms with Crippen molar-refractivity contribution < 1.29 is 9.53 Å². The fraction of sp³-hybridized carbons (Fsp3) is 0.778. The first kappa shape index (κ1) is 18.5. The van der Waals surface area contributed by atoms with Crippen molar-refractivity contribution in [3.05, 3.63) is 10.6 Å². The molecule has 1 N–H and O–H groups in total. The average Bonchev–Trinajstić information content (AvgIpc) is 3.04. The van der Waals surface area contributed by atoms with Gasteiger partial charge in [0.1, 0.15) is 0 Å². The fourth-order valence-electron chi connectivity index (χ4n) is 3.21. The van der Waals surface area contributed by atoms with Crippen LogP contribution in [0.5, 0.6) is 0 Å². The molecule has 1 saturated heterocycles. The van der Waals surface area contributed by atoms with E-state index in [1.807, 2.05) is 20.9 Å². The van der Waals surface area contributed by atoms with E-state index in [0.29, 0.717) is 12.3 Å². The van der Waals surface area contributed by atoms with E-state index < -0.39 is 0 Å². The number of carbonyl (C=O) groups is 1. The number of allylic oxidation sites excluding steroid dienone is 1. The molecule has 2 aliphatic rings. The number of thioether (sulfide) groups is 1. The Morgan fingerprint density at radius 3 is 2.48 bits per heavy atom. The van der Waals surface area contributed by atoms with Gasteiger partial charge in [0.25, 0.3) is 0 Å². The molecule has 5 heteroatoms. The second kappa shape index (κ2) is 9.48. The Kier molecular flexibility index (Phi) is 7.63. The lowest BCUT2D eigenvalue weighted by atomic mass is 9.90. The lowest BCUT2D eigenvalue weighted by Crippen LogP contribution is -2.27. The van der Waals surface area contributed by atoms with Gasteiger partial charge in [-0.2, -0.15) is 0 Å². The first-order valence-electron chi connectivity index (χ1n) is 8.83. The zero-order chi connectivity index (χ0) is 16.7. The van der Waals surface area contributed by atoms with Crippen molar-refractivity contribution in [2.45, 2.75) is 71.3 Å². The minimum absolute atomic E-state index is 0.0553. The smallest absolute Gasteiger partial charge is 0.227 e. The Balaban J connectivity index is 1.92. The molecule has 0 radical (unpaired) electrons. The molecule has 0 aromatic carbocycles. The molecule has 1 saturated carbocycles. The number of rotatable bonds is 5. The van der Waals surface area contributed by atoms with Gasteiger partial charge in [0.15, 0.2) is 0 Å². The normalized spacial score (nSPS) is 22.9. The van der Waals surface area contributed by atoms with Crippen LogP contribution in [0.1, 0.15) is 65.2 Å². The number of carbonyl (C=O) groups excluding carboxylic acids is 1. The molecule has 0 spiro atoms. The highest BCUT2D eigenvalue weighted by molar-refractivity contribution is 8.17. The molecule has 1 amide bonds. The highest BCUT2D eigenvalue weighted by Crippen LogP contribution is 2.32. The van der Waals surface area contributed by atoms with E-state index in [0.717, 1.165) is 30.1 Å². The Labute approximate surface area is 144 Å². The molecule has 2 fully saturated rings. The van der Waals surface area contributed by atoms with E-state index in [4.69, 9.17) is 4.74 Å². The lowest BCUT2D eigenvalue weighted by molar-refractivity contribution is -0.122. The predicted octanol–water partition coefficient (Wildman–Crippen LogP) is 4.26. The van der Waals surface area contributed by atoms with E-state index >= 15 is 0 Å². The molecule has 0 bridgehead atoms. The summed E-state index contributed by atoms with van der Waals surface area (Å²) in [6.45, 7) is 4.88. The molecule has 1 heterocycles. The number of amides is 1. The predicted molar refractivity (Wildman–Crippen MR) is 97.6 cm³/mol. The number of hydrogen-bond donors (Lipinski definition) is 1. The van der Waals surface area contributed by atoms with Crippen molar-refractivity contribution in [3.8, 4) is 0 Å². The molecule has 23 heavy (non-hydrogen) atoms. The highest BCUT2D eigenvalue weighted by Gasteiger charge is 2.23. The van der Waals surface area contributed by atoms with Gasteiger partial charge in [-0.3, -0.25) is 9.79 Å². The average molecular weight is 339 g/mol. The second-order valence-corrected chi connectivity index (χ2v) is 7.75. The number of ether oxygens (including phenoxy) is 1. The number of nitrogens with zero attached hydrogens (tertiary/aromatic N) is 1. The van der Waals surface area contributed by atoms with Crippen LogP contribution in [0.15, 0.2) is 15.6 Å². The van der Waals surface area contributed by atoms with Crippen molar-refractivity contribution in [1.82, 2.24) is 5.32 Å². The van der Waals surface area contributed by atoms with E-state index in [1.165, 1.54) is 37.1 Å². The van der Waals surface area contributed by atoms with Crippen LogP contribution in [-0.4, -0.2) is 30.7 Å². The molecular weight excluding hydrogens is 308 g/mol. The summed E-state index contributed by atoms with van der Waals surface area (Å²) in [6, 6.07) is 0. The van der Waals surface area contributed by atoms with Crippen molar-refractivity contribution in [3.63, 3.8) is 0 Å². The van der Waals surface area contributed by atoms with Gasteiger partial charge in [-0.15, -0.1) is 0 Å². The maximum atomic E-state index is 12.3.